The number of hydrogen-bond acceptors (Lipinski definition) is 5. The number of halogens is 5. The second-order valence-corrected chi connectivity index (χ2v) is 9.33. The number of benzene rings is 2. The standard InChI is InChI=1S/C22H23Cl2N5O.C2HF3O2/c1-29-10-18(17-6-14(23)7-20(24)19(17)11-29)13-2-4-15(5-3-13)28-22(30)21(25)8-16-9-26-12-27-16;3-2(4,5)1(6)7/h2-7,9,12,18,21H,8,10-11,25H2,1H3,(H,26,27)(H,28,30);(H,6,7)/t18?,21-;/m0./s1. The van der Waals surface area contributed by atoms with Crippen LogP contribution in [-0.2, 0) is 22.6 Å². The molecule has 37 heavy (non-hydrogen) atoms. The molecule has 2 aromatic carbocycles. The lowest BCUT2D eigenvalue weighted by molar-refractivity contribution is -0.192. The van der Waals surface area contributed by atoms with Crippen LogP contribution in [0.2, 0.25) is 10.0 Å². The first-order chi connectivity index (χ1) is 17.3. The Morgan fingerprint density at radius 3 is 2.49 bits per heavy atom. The van der Waals surface area contributed by atoms with E-state index >= 15 is 0 Å². The lowest BCUT2D eigenvalue weighted by atomic mass is 9.84. The van der Waals surface area contributed by atoms with Crippen LogP contribution in [0.5, 0.6) is 0 Å². The topological polar surface area (TPSA) is 124 Å². The Morgan fingerprint density at radius 1 is 1.27 bits per heavy atom. The number of aliphatic carboxylic acids is 1. The lowest BCUT2D eigenvalue weighted by Gasteiger charge is -2.33. The van der Waals surface area contributed by atoms with E-state index in [9.17, 15) is 18.0 Å². The third kappa shape index (κ3) is 7.68. The molecule has 1 unspecified atom stereocenters. The summed E-state index contributed by atoms with van der Waals surface area (Å²) in [5, 5.41) is 11.3. The van der Waals surface area contributed by atoms with Gasteiger partial charge in [0.05, 0.1) is 18.1 Å². The molecule has 1 aliphatic heterocycles. The molecule has 1 aromatic heterocycles. The van der Waals surface area contributed by atoms with E-state index in [1.54, 1.807) is 18.6 Å². The molecule has 3 aromatic rings. The van der Waals surface area contributed by atoms with Gasteiger partial charge in [0, 0.05) is 47.4 Å². The van der Waals surface area contributed by atoms with Gasteiger partial charge in [-0.3, -0.25) is 4.79 Å². The number of carbonyl (C=O) groups excluding carboxylic acids is 1. The van der Waals surface area contributed by atoms with Crippen molar-refractivity contribution in [3.05, 3.63) is 81.4 Å². The van der Waals surface area contributed by atoms with Crippen LogP contribution in [0.4, 0.5) is 18.9 Å². The lowest BCUT2D eigenvalue weighted by Crippen LogP contribution is -2.37. The van der Waals surface area contributed by atoms with Gasteiger partial charge in [0.1, 0.15) is 0 Å². The summed E-state index contributed by atoms with van der Waals surface area (Å²) < 4.78 is 31.7. The number of nitrogens with two attached hydrogens (primary N) is 1. The van der Waals surface area contributed by atoms with Gasteiger partial charge in [0.15, 0.2) is 0 Å². The SMILES string of the molecule is CN1Cc2c(Cl)cc(Cl)cc2C(c2ccc(NC(=O)[C@@H](N)Cc3c[nH]cn3)cc2)C1.O=C(O)C(F)(F)F. The Bertz CT molecular complexity index is 1240. The Labute approximate surface area is 220 Å². The first-order valence-corrected chi connectivity index (χ1v) is 11.7. The van der Waals surface area contributed by atoms with E-state index in [-0.39, 0.29) is 11.8 Å². The van der Waals surface area contributed by atoms with E-state index in [0.29, 0.717) is 22.2 Å². The van der Waals surface area contributed by atoms with Gasteiger partial charge in [0.25, 0.3) is 0 Å². The quantitative estimate of drug-likeness (QED) is 0.367. The van der Waals surface area contributed by atoms with Crippen molar-refractivity contribution in [1.29, 1.82) is 0 Å². The molecule has 2 heterocycles. The smallest absolute Gasteiger partial charge is 0.475 e. The number of fused-ring (bicyclic) bond motifs is 1. The highest BCUT2D eigenvalue weighted by Gasteiger charge is 2.38. The number of hydrogen-bond donors (Lipinski definition) is 4. The largest absolute Gasteiger partial charge is 0.490 e. The number of anilines is 1. The van der Waals surface area contributed by atoms with Crippen LogP contribution in [0.25, 0.3) is 0 Å². The van der Waals surface area contributed by atoms with Gasteiger partial charge >= 0.3 is 12.1 Å². The normalized spacial score (nSPS) is 16.2. The number of rotatable bonds is 5. The Balaban J connectivity index is 0.000000479. The van der Waals surface area contributed by atoms with Gasteiger partial charge in [-0.1, -0.05) is 35.3 Å². The Hall–Kier alpha value is -3.12. The molecule has 0 radical (unpaired) electrons. The molecule has 1 amide bonds. The van der Waals surface area contributed by atoms with Crippen molar-refractivity contribution in [2.45, 2.75) is 31.1 Å². The molecule has 0 saturated carbocycles. The van der Waals surface area contributed by atoms with Gasteiger partial charge in [-0.15, -0.1) is 0 Å². The fourth-order valence-electron chi connectivity index (χ4n) is 3.88. The number of H-pyrrole nitrogens is 1. The van der Waals surface area contributed by atoms with Crippen molar-refractivity contribution in [3.8, 4) is 0 Å². The fraction of sp³-hybridized carbons (Fsp3) is 0.292. The van der Waals surface area contributed by atoms with Gasteiger partial charge in [-0.05, 0) is 48.0 Å². The number of alkyl halides is 3. The van der Waals surface area contributed by atoms with E-state index in [2.05, 4.69) is 27.2 Å². The summed E-state index contributed by atoms with van der Waals surface area (Å²) in [6.07, 6.45) is -1.40. The summed E-state index contributed by atoms with van der Waals surface area (Å²) >= 11 is 12.7. The highest BCUT2D eigenvalue weighted by molar-refractivity contribution is 6.35. The second-order valence-electron chi connectivity index (χ2n) is 8.49. The molecule has 198 valence electrons. The third-order valence-corrected chi connectivity index (χ3v) is 6.19. The zero-order valence-corrected chi connectivity index (χ0v) is 21.0. The van der Waals surface area contributed by atoms with Gasteiger partial charge in [-0.2, -0.15) is 13.2 Å². The number of imidazole rings is 1. The van der Waals surface area contributed by atoms with Crippen molar-refractivity contribution in [1.82, 2.24) is 14.9 Å². The first kappa shape index (κ1) is 28.5. The number of amides is 1. The highest BCUT2D eigenvalue weighted by atomic mass is 35.5. The van der Waals surface area contributed by atoms with E-state index in [1.165, 1.54) is 0 Å². The monoisotopic (exact) mass is 557 g/mol. The minimum Gasteiger partial charge on any atom is -0.475 e. The number of aromatic nitrogens is 2. The van der Waals surface area contributed by atoms with Crippen molar-refractivity contribution < 1.29 is 27.9 Å². The predicted molar refractivity (Wildman–Crippen MR) is 134 cm³/mol. The molecule has 4 rings (SSSR count). The summed E-state index contributed by atoms with van der Waals surface area (Å²) in [5.41, 5.74) is 10.9. The average molecular weight is 558 g/mol. The maximum absolute atomic E-state index is 12.4. The number of nitrogens with one attached hydrogen (secondary N) is 2. The molecule has 2 atom stereocenters. The molecular weight excluding hydrogens is 534 g/mol. The molecule has 0 saturated heterocycles. The zero-order valence-electron chi connectivity index (χ0n) is 19.5. The molecule has 0 spiro atoms. The van der Waals surface area contributed by atoms with E-state index in [0.717, 1.165) is 35.5 Å². The molecule has 5 N–H and O–H groups in total. The maximum atomic E-state index is 12.4. The summed E-state index contributed by atoms with van der Waals surface area (Å²) in [7, 11) is 2.08. The molecule has 0 bridgehead atoms. The highest BCUT2D eigenvalue weighted by Crippen LogP contribution is 2.38. The molecular formula is C24H24Cl2F3N5O3. The molecule has 1 aliphatic rings. The minimum absolute atomic E-state index is 0.154. The predicted octanol–water partition coefficient (Wildman–Crippen LogP) is 4.44. The third-order valence-electron chi connectivity index (χ3n) is 5.64. The number of carboxylic acids is 1. The van der Waals surface area contributed by atoms with Crippen LogP contribution in [0, 0.1) is 0 Å². The summed E-state index contributed by atoms with van der Waals surface area (Å²) in [4.78, 5) is 30.5. The Morgan fingerprint density at radius 2 is 1.92 bits per heavy atom. The number of likely N-dealkylation sites (N-methyl/N-ethyl adjacent to an activating group) is 1. The first-order valence-electron chi connectivity index (χ1n) is 11.0. The van der Waals surface area contributed by atoms with Crippen LogP contribution < -0.4 is 11.1 Å². The van der Waals surface area contributed by atoms with E-state index in [4.69, 9.17) is 38.8 Å². The average Bonchev–Trinajstić information content (AvgIpc) is 3.32. The second kappa shape index (κ2) is 12.0. The van der Waals surface area contributed by atoms with Crippen molar-refractivity contribution in [2.75, 3.05) is 18.9 Å². The van der Waals surface area contributed by atoms with Crippen LogP contribution in [0.3, 0.4) is 0 Å². The van der Waals surface area contributed by atoms with Crippen LogP contribution in [-0.4, -0.2) is 57.7 Å². The molecule has 0 aliphatic carbocycles. The maximum Gasteiger partial charge on any atom is 0.490 e. The number of nitrogens with zero attached hydrogens (tertiary/aromatic N) is 2. The summed E-state index contributed by atoms with van der Waals surface area (Å²) in [6.45, 7) is 1.66. The van der Waals surface area contributed by atoms with E-state index < -0.39 is 18.2 Å². The molecule has 8 nitrogen and oxygen atoms in total. The molecule has 13 heteroatoms. The van der Waals surface area contributed by atoms with Crippen molar-refractivity contribution in [3.63, 3.8) is 0 Å². The molecule has 0 fully saturated rings. The van der Waals surface area contributed by atoms with E-state index in [1.807, 2.05) is 30.3 Å². The van der Waals surface area contributed by atoms with Crippen LogP contribution >= 0.6 is 23.2 Å². The fourth-order valence-corrected chi connectivity index (χ4v) is 4.45. The van der Waals surface area contributed by atoms with Gasteiger partial charge in [0.2, 0.25) is 5.91 Å². The number of carbonyl (C=O) groups is 2. The zero-order chi connectivity index (χ0) is 27.3. The number of carboxylic acid groups (broad SMARTS) is 1. The van der Waals surface area contributed by atoms with Crippen molar-refractivity contribution >= 4 is 40.8 Å². The minimum atomic E-state index is -5.08. The van der Waals surface area contributed by atoms with Crippen LogP contribution in [0.1, 0.15) is 28.3 Å². The van der Waals surface area contributed by atoms with Crippen LogP contribution in [0.15, 0.2) is 48.9 Å². The Kier molecular flexibility index (Phi) is 9.19. The summed E-state index contributed by atoms with van der Waals surface area (Å²) in [6, 6.07) is 11.0. The van der Waals surface area contributed by atoms with Gasteiger partial charge in [-0.25, -0.2) is 9.78 Å². The van der Waals surface area contributed by atoms with Gasteiger partial charge < -0.3 is 26.0 Å². The summed E-state index contributed by atoms with van der Waals surface area (Å²) in [5.74, 6) is -2.85. The van der Waals surface area contributed by atoms with Crippen molar-refractivity contribution in [2.24, 2.45) is 5.73 Å². The number of aromatic amines is 1.